The summed E-state index contributed by atoms with van der Waals surface area (Å²) in [5, 5.41) is 0. The second-order valence-electron chi connectivity index (χ2n) is 3.56. The topological polar surface area (TPSA) is 50.4 Å². The molecule has 17 heavy (non-hydrogen) atoms. The van der Waals surface area contributed by atoms with Crippen LogP contribution >= 0.6 is 11.8 Å². The smallest absolute Gasteiger partial charge is 0.336 e. The van der Waals surface area contributed by atoms with Gasteiger partial charge in [-0.1, -0.05) is 18.2 Å². The van der Waals surface area contributed by atoms with Crippen molar-refractivity contribution in [2.45, 2.75) is 0 Å². The lowest BCUT2D eigenvalue weighted by Crippen LogP contribution is -2.24. The Hall–Kier alpha value is -1.62. The van der Waals surface area contributed by atoms with Crippen molar-refractivity contribution in [2.24, 2.45) is 0 Å². The molecule has 2 rings (SSSR count). The van der Waals surface area contributed by atoms with Crippen LogP contribution in [0.1, 0.15) is 0 Å². The summed E-state index contributed by atoms with van der Waals surface area (Å²) in [6.45, 7) is 0. The predicted molar refractivity (Wildman–Crippen MR) is 69.6 cm³/mol. The van der Waals surface area contributed by atoms with Gasteiger partial charge in [0.15, 0.2) is 0 Å². The molecular weight excluding hydrogens is 236 g/mol. The van der Waals surface area contributed by atoms with E-state index in [1.807, 2.05) is 30.3 Å². The first-order valence-corrected chi connectivity index (χ1v) is 6.42. The lowest BCUT2D eigenvalue weighted by Gasteiger charge is -2.11. The molecule has 90 valence electrons. The van der Waals surface area contributed by atoms with E-state index in [1.54, 1.807) is 11.8 Å². The summed E-state index contributed by atoms with van der Waals surface area (Å²) in [4.78, 5) is 11.5. The number of thioether (sulfide) groups is 1. The van der Waals surface area contributed by atoms with Crippen molar-refractivity contribution in [2.75, 3.05) is 24.0 Å². The van der Waals surface area contributed by atoms with E-state index in [2.05, 4.69) is 10.9 Å². The average Bonchev–Trinajstić information content (AvgIpc) is 2.85. The first-order chi connectivity index (χ1) is 8.31. The van der Waals surface area contributed by atoms with E-state index in [0.29, 0.717) is 11.3 Å². The number of rotatable bonds is 4. The number of nitrogens with one attached hydrogen (secondary N) is 2. The Labute approximate surface area is 104 Å². The van der Waals surface area contributed by atoms with Crippen molar-refractivity contribution < 1.29 is 9.53 Å². The van der Waals surface area contributed by atoms with Gasteiger partial charge in [0, 0.05) is 11.5 Å². The summed E-state index contributed by atoms with van der Waals surface area (Å²) in [6, 6.07) is 9.75. The molecule has 0 atom stereocenters. The zero-order valence-electron chi connectivity index (χ0n) is 9.53. The molecule has 1 aromatic carbocycles. The monoisotopic (exact) mass is 250 g/mol. The number of hydrogen-bond acceptors (Lipinski definition) is 5. The second-order valence-corrected chi connectivity index (χ2v) is 4.54. The van der Waals surface area contributed by atoms with Gasteiger partial charge in [-0.15, -0.1) is 0 Å². The summed E-state index contributed by atoms with van der Waals surface area (Å²) in [5.74, 6) is 1.24. The van der Waals surface area contributed by atoms with Crippen LogP contribution in [0.5, 0.6) is 0 Å². The van der Waals surface area contributed by atoms with Gasteiger partial charge in [-0.25, -0.2) is 4.79 Å². The molecule has 4 nitrogen and oxygen atoms in total. The van der Waals surface area contributed by atoms with Crippen LogP contribution in [0.4, 0.5) is 5.69 Å². The van der Waals surface area contributed by atoms with Gasteiger partial charge in [0.1, 0.15) is 0 Å². The third kappa shape index (κ3) is 2.94. The molecular formula is C12H14N2O2S. The van der Waals surface area contributed by atoms with Crippen molar-refractivity contribution in [3.05, 3.63) is 41.6 Å². The van der Waals surface area contributed by atoms with Crippen LogP contribution < -0.4 is 10.9 Å². The molecule has 0 saturated heterocycles. The van der Waals surface area contributed by atoms with E-state index in [9.17, 15) is 4.79 Å². The van der Waals surface area contributed by atoms with Crippen LogP contribution in [0.25, 0.3) is 0 Å². The van der Waals surface area contributed by atoms with Crippen molar-refractivity contribution >= 4 is 23.4 Å². The number of benzene rings is 1. The van der Waals surface area contributed by atoms with E-state index in [4.69, 9.17) is 4.74 Å². The van der Waals surface area contributed by atoms with Gasteiger partial charge < -0.3 is 15.6 Å². The number of para-hydroxylation sites is 1. The standard InChI is InChI=1S/C12H14N2O2S/c1-16-12(15)10-7-17-8-11(10)14-13-9-5-3-2-4-6-9/h2-6,13-14H,7-8H2,1H3. The summed E-state index contributed by atoms with van der Waals surface area (Å²) >= 11 is 1.69. The van der Waals surface area contributed by atoms with Gasteiger partial charge in [-0.2, -0.15) is 11.8 Å². The molecule has 1 heterocycles. The number of carbonyl (C=O) groups is 1. The van der Waals surface area contributed by atoms with Crippen LogP contribution in [-0.4, -0.2) is 24.6 Å². The fourth-order valence-corrected chi connectivity index (χ4v) is 2.56. The fraction of sp³-hybridized carbons (Fsp3) is 0.250. The van der Waals surface area contributed by atoms with Crippen LogP contribution in [0.2, 0.25) is 0 Å². The molecule has 2 N–H and O–H groups in total. The quantitative estimate of drug-likeness (QED) is 0.630. The van der Waals surface area contributed by atoms with E-state index in [0.717, 1.165) is 17.1 Å². The highest BCUT2D eigenvalue weighted by molar-refractivity contribution is 7.99. The minimum Gasteiger partial charge on any atom is -0.466 e. The number of carbonyl (C=O) groups excluding carboxylic acids is 1. The molecule has 1 aromatic rings. The number of ether oxygens (including phenoxy) is 1. The first-order valence-electron chi connectivity index (χ1n) is 5.26. The zero-order valence-corrected chi connectivity index (χ0v) is 10.3. The van der Waals surface area contributed by atoms with Gasteiger partial charge >= 0.3 is 5.97 Å². The highest BCUT2D eigenvalue weighted by Gasteiger charge is 2.21. The maximum Gasteiger partial charge on any atom is 0.336 e. The Bertz CT molecular complexity index is 431. The highest BCUT2D eigenvalue weighted by Crippen LogP contribution is 2.23. The van der Waals surface area contributed by atoms with E-state index < -0.39 is 0 Å². The maximum atomic E-state index is 11.5. The SMILES string of the molecule is COC(=O)C1=C(NNc2ccccc2)CSC1. The lowest BCUT2D eigenvalue weighted by molar-refractivity contribution is -0.136. The molecule has 0 radical (unpaired) electrons. The van der Waals surface area contributed by atoms with Crippen LogP contribution in [0, 0.1) is 0 Å². The van der Waals surface area contributed by atoms with Crippen molar-refractivity contribution in [1.82, 2.24) is 5.43 Å². The Morgan fingerprint density at radius 3 is 2.71 bits per heavy atom. The second kappa shape index (κ2) is 5.63. The van der Waals surface area contributed by atoms with E-state index in [-0.39, 0.29) is 5.97 Å². The molecule has 1 aliphatic rings. The van der Waals surface area contributed by atoms with Gasteiger partial charge in [-0.3, -0.25) is 0 Å². The lowest BCUT2D eigenvalue weighted by atomic mass is 10.2. The molecule has 0 bridgehead atoms. The molecule has 5 heteroatoms. The maximum absolute atomic E-state index is 11.5. The fourth-order valence-electron chi connectivity index (χ4n) is 1.52. The van der Waals surface area contributed by atoms with Crippen LogP contribution in [-0.2, 0) is 9.53 Å². The van der Waals surface area contributed by atoms with E-state index >= 15 is 0 Å². The number of anilines is 1. The molecule has 0 saturated carbocycles. The molecule has 0 aliphatic carbocycles. The van der Waals surface area contributed by atoms with Crippen molar-refractivity contribution in [1.29, 1.82) is 0 Å². The van der Waals surface area contributed by atoms with Crippen LogP contribution in [0.3, 0.4) is 0 Å². The van der Waals surface area contributed by atoms with Gasteiger partial charge in [-0.05, 0) is 12.1 Å². The Morgan fingerprint density at radius 1 is 1.24 bits per heavy atom. The Balaban J connectivity index is 2.01. The zero-order chi connectivity index (χ0) is 12.1. The molecule has 0 fully saturated rings. The van der Waals surface area contributed by atoms with Gasteiger partial charge in [0.25, 0.3) is 0 Å². The third-order valence-corrected chi connectivity index (χ3v) is 3.41. The number of methoxy groups -OCH3 is 1. The number of hydrogen-bond donors (Lipinski definition) is 2. The summed E-state index contributed by atoms with van der Waals surface area (Å²) in [5.41, 5.74) is 8.70. The largest absolute Gasteiger partial charge is 0.466 e. The third-order valence-electron chi connectivity index (χ3n) is 2.42. The Morgan fingerprint density at radius 2 is 2.00 bits per heavy atom. The Kier molecular flexibility index (Phi) is 3.93. The first kappa shape index (κ1) is 11.9. The highest BCUT2D eigenvalue weighted by atomic mass is 32.2. The number of hydrazine groups is 1. The van der Waals surface area contributed by atoms with E-state index in [1.165, 1.54) is 7.11 Å². The van der Waals surface area contributed by atoms with Crippen molar-refractivity contribution in [3.63, 3.8) is 0 Å². The summed E-state index contributed by atoms with van der Waals surface area (Å²) < 4.78 is 4.74. The molecule has 0 amide bonds. The minimum absolute atomic E-state index is 0.257. The normalized spacial score (nSPS) is 14.6. The summed E-state index contributed by atoms with van der Waals surface area (Å²) in [6.07, 6.45) is 0. The van der Waals surface area contributed by atoms with Crippen molar-refractivity contribution in [3.8, 4) is 0 Å². The van der Waals surface area contributed by atoms with Gasteiger partial charge in [0.2, 0.25) is 0 Å². The number of esters is 1. The predicted octanol–water partition coefficient (Wildman–Crippen LogP) is 1.78. The minimum atomic E-state index is -0.257. The molecule has 1 aliphatic heterocycles. The molecule has 0 unspecified atom stereocenters. The van der Waals surface area contributed by atoms with Gasteiger partial charge in [0.05, 0.1) is 24.1 Å². The average molecular weight is 250 g/mol. The summed E-state index contributed by atoms with van der Waals surface area (Å²) in [7, 11) is 1.40. The molecule has 0 aromatic heterocycles. The molecule has 0 spiro atoms. The van der Waals surface area contributed by atoms with Crippen LogP contribution in [0.15, 0.2) is 41.6 Å².